The fraction of sp³-hybridized carbons (Fsp3) is 0.263. The number of fused-ring (bicyclic) bond motifs is 4. The highest BCUT2D eigenvalue weighted by molar-refractivity contribution is 5.88. The Bertz CT molecular complexity index is 808. The smallest absolute Gasteiger partial charge is 0.345 e. The average Bonchev–Trinajstić information content (AvgIpc) is 2.93. The second-order valence-corrected chi connectivity index (χ2v) is 6.09. The van der Waals surface area contributed by atoms with E-state index in [0.29, 0.717) is 13.2 Å². The minimum absolute atomic E-state index is 0.228. The summed E-state index contributed by atoms with van der Waals surface area (Å²) in [5.41, 5.74) is 2.70. The first kappa shape index (κ1) is 15.7. The van der Waals surface area contributed by atoms with Crippen LogP contribution in [0.4, 0.5) is 4.79 Å². The summed E-state index contributed by atoms with van der Waals surface area (Å²) in [7, 11) is 1.33. The van der Waals surface area contributed by atoms with Crippen LogP contribution in [0.1, 0.15) is 28.8 Å². The van der Waals surface area contributed by atoms with Crippen molar-refractivity contribution in [1.82, 2.24) is 9.96 Å². The molecule has 0 N–H and O–H groups in total. The molecule has 2 bridgehead atoms. The van der Waals surface area contributed by atoms with Crippen molar-refractivity contribution in [3.05, 3.63) is 71.3 Å². The number of hydroxylamine groups is 2. The fourth-order valence-corrected chi connectivity index (χ4v) is 3.50. The third kappa shape index (κ3) is 2.55. The molecule has 25 heavy (non-hydrogen) atoms. The van der Waals surface area contributed by atoms with Gasteiger partial charge in [0.1, 0.15) is 12.6 Å². The van der Waals surface area contributed by atoms with Gasteiger partial charge in [0.15, 0.2) is 6.04 Å². The van der Waals surface area contributed by atoms with Crippen LogP contribution in [0.25, 0.3) is 0 Å². The predicted molar refractivity (Wildman–Crippen MR) is 89.1 cm³/mol. The van der Waals surface area contributed by atoms with Crippen molar-refractivity contribution in [3.8, 4) is 0 Å². The van der Waals surface area contributed by atoms with E-state index >= 15 is 0 Å². The summed E-state index contributed by atoms with van der Waals surface area (Å²) in [4.78, 5) is 32.4. The van der Waals surface area contributed by atoms with Gasteiger partial charge < -0.3 is 9.64 Å². The number of hydrogen-bond acceptors (Lipinski definition) is 4. The van der Waals surface area contributed by atoms with Crippen molar-refractivity contribution in [1.29, 1.82) is 0 Å². The molecular weight excluding hydrogens is 320 g/mol. The number of urea groups is 1. The van der Waals surface area contributed by atoms with Gasteiger partial charge in [-0.15, -0.1) is 0 Å². The molecule has 2 atom stereocenters. The number of rotatable bonds is 4. The zero-order chi connectivity index (χ0) is 17.4. The molecule has 1 saturated heterocycles. The van der Waals surface area contributed by atoms with Crippen molar-refractivity contribution in [2.24, 2.45) is 0 Å². The number of esters is 1. The Labute approximate surface area is 145 Å². The second kappa shape index (κ2) is 6.22. The molecular formula is C19H18N2O4. The molecule has 2 aromatic carbocycles. The van der Waals surface area contributed by atoms with Crippen LogP contribution in [-0.4, -0.2) is 35.6 Å². The summed E-state index contributed by atoms with van der Waals surface area (Å²) < 4.78 is 4.92. The molecule has 2 aliphatic heterocycles. The second-order valence-electron chi connectivity index (χ2n) is 6.09. The van der Waals surface area contributed by atoms with Crippen molar-refractivity contribution in [2.45, 2.75) is 18.7 Å². The van der Waals surface area contributed by atoms with Gasteiger partial charge in [-0.1, -0.05) is 54.6 Å². The summed E-state index contributed by atoms with van der Waals surface area (Å²) >= 11 is 0. The van der Waals surface area contributed by atoms with Crippen molar-refractivity contribution >= 4 is 12.0 Å². The molecule has 2 aromatic rings. The summed E-state index contributed by atoms with van der Waals surface area (Å²) in [6, 6.07) is 16.0. The topological polar surface area (TPSA) is 59.1 Å². The van der Waals surface area contributed by atoms with E-state index in [1.54, 1.807) is 0 Å². The van der Waals surface area contributed by atoms with Gasteiger partial charge in [-0.2, -0.15) is 5.06 Å². The van der Waals surface area contributed by atoms with E-state index in [2.05, 4.69) is 0 Å². The van der Waals surface area contributed by atoms with E-state index in [1.165, 1.54) is 17.1 Å². The maximum Gasteiger partial charge on any atom is 0.345 e. The molecule has 2 amide bonds. The number of carbonyl (C=O) groups excluding carboxylic acids is 2. The molecule has 2 aliphatic rings. The zero-order valence-corrected chi connectivity index (χ0v) is 13.8. The highest BCUT2D eigenvalue weighted by Crippen LogP contribution is 2.44. The maximum absolute atomic E-state index is 12.8. The monoisotopic (exact) mass is 338 g/mol. The Kier molecular flexibility index (Phi) is 3.89. The first-order chi connectivity index (χ1) is 12.2. The van der Waals surface area contributed by atoms with Gasteiger partial charge in [-0.05, 0) is 16.7 Å². The molecule has 2 unspecified atom stereocenters. The first-order valence-electron chi connectivity index (χ1n) is 8.14. The van der Waals surface area contributed by atoms with Crippen molar-refractivity contribution in [3.63, 3.8) is 0 Å². The SMILES string of the molecule is COC(=O)C1c2ccccc2C2CN1C(=O)N2OCc1ccccc1. The molecule has 0 aliphatic carbocycles. The highest BCUT2D eigenvalue weighted by atomic mass is 16.7. The van der Waals surface area contributed by atoms with Crippen LogP contribution in [0.5, 0.6) is 0 Å². The largest absolute Gasteiger partial charge is 0.467 e. The number of benzene rings is 2. The van der Waals surface area contributed by atoms with Gasteiger partial charge in [0.05, 0.1) is 13.7 Å². The lowest BCUT2D eigenvalue weighted by atomic mass is 9.91. The van der Waals surface area contributed by atoms with Crippen LogP contribution in [0.2, 0.25) is 0 Å². The quantitative estimate of drug-likeness (QED) is 0.805. The Morgan fingerprint density at radius 2 is 1.76 bits per heavy atom. The highest BCUT2D eigenvalue weighted by Gasteiger charge is 2.51. The van der Waals surface area contributed by atoms with Crippen LogP contribution < -0.4 is 0 Å². The van der Waals surface area contributed by atoms with Crippen LogP contribution in [0.15, 0.2) is 54.6 Å². The van der Waals surface area contributed by atoms with Gasteiger partial charge in [-0.25, -0.2) is 9.59 Å². The van der Waals surface area contributed by atoms with Gasteiger partial charge in [0.25, 0.3) is 0 Å². The van der Waals surface area contributed by atoms with Crippen molar-refractivity contribution in [2.75, 3.05) is 13.7 Å². The lowest BCUT2D eigenvalue weighted by Crippen LogP contribution is -2.39. The summed E-state index contributed by atoms with van der Waals surface area (Å²) in [5.74, 6) is -0.441. The maximum atomic E-state index is 12.8. The molecule has 4 rings (SSSR count). The van der Waals surface area contributed by atoms with Crippen LogP contribution >= 0.6 is 0 Å². The molecule has 0 radical (unpaired) electrons. The van der Waals surface area contributed by atoms with Gasteiger partial charge in [-0.3, -0.25) is 4.84 Å². The van der Waals surface area contributed by atoms with Gasteiger partial charge >= 0.3 is 12.0 Å². The fourth-order valence-electron chi connectivity index (χ4n) is 3.50. The number of nitrogens with zero attached hydrogens (tertiary/aromatic N) is 2. The van der Waals surface area contributed by atoms with Crippen LogP contribution in [-0.2, 0) is 21.0 Å². The Morgan fingerprint density at radius 1 is 1.08 bits per heavy atom. The van der Waals surface area contributed by atoms with E-state index in [1.807, 2.05) is 54.6 Å². The van der Waals surface area contributed by atoms with E-state index in [9.17, 15) is 9.59 Å². The predicted octanol–water partition coefficient (Wildman–Crippen LogP) is 2.82. The summed E-state index contributed by atoms with van der Waals surface area (Å²) in [6.07, 6.45) is 0. The third-order valence-corrected chi connectivity index (χ3v) is 4.69. The third-order valence-electron chi connectivity index (χ3n) is 4.69. The lowest BCUT2D eigenvalue weighted by Gasteiger charge is -2.30. The molecule has 0 saturated carbocycles. The number of amides is 2. The normalized spacial score (nSPS) is 21.2. The molecule has 0 aromatic heterocycles. The Balaban J connectivity index is 1.65. The zero-order valence-electron chi connectivity index (χ0n) is 13.8. The van der Waals surface area contributed by atoms with Crippen molar-refractivity contribution < 1.29 is 19.2 Å². The Hall–Kier alpha value is -2.86. The van der Waals surface area contributed by atoms with E-state index in [4.69, 9.17) is 9.57 Å². The number of methoxy groups -OCH3 is 1. The minimum Gasteiger partial charge on any atom is -0.467 e. The molecule has 6 nitrogen and oxygen atoms in total. The van der Waals surface area contributed by atoms with Gasteiger partial charge in [0, 0.05) is 0 Å². The van der Waals surface area contributed by atoms with Crippen LogP contribution in [0, 0.1) is 0 Å². The molecule has 6 heteroatoms. The number of carbonyl (C=O) groups is 2. The van der Waals surface area contributed by atoms with E-state index < -0.39 is 12.0 Å². The lowest BCUT2D eigenvalue weighted by molar-refractivity contribution is -0.146. The standard InChI is InChI=1S/C19H18N2O4/c1-24-18(22)17-15-10-6-5-9-14(15)16-11-20(17)19(23)21(16)25-12-13-7-3-2-4-8-13/h2-10,16-17H,11-12H2,1H3. The molecule has 128 valence electrons. The van der Waals surface area contributed by atoms with Gasteiger partial charge in [0.2, 0.25) is 0 Å². The molecule has 2 heterocycles. The van der Waals surface area contributed by atoms with E-state index in [-0.39, 0.29) is 12.1 Å². The average molecular weight is 338 g/mol. The number of ether oxygens (including phenoxy) is 1. The summed E-state index contributed by atoms with van der Waals surface area (Å²) in [6.45, 7) is 0.701. The summed E-state index contributed by atoms with van der Waals surface area (Å²) in [5, 5.41) is 1.38. The number of hydrogen-bond donors (Lipinski definition) is 0. The Morgan fingerprint density at radius 3 is 2.48 bits per heavy atom. The molecule has 1 fully saturated rings. The van der Waals surface area contributed by atoms with E-state index in [0.717, 1.165) is 16.7 Å². The van der Waals surface area contributed by atoms with Crippen LogP contribution in [0.3, 0.4) is 0 Å². The first-order valence-corrected chi connectivity index (χ1v) is 8.14. The minimum atomic E-state index is -0.727. The molecule has 0 spiro atoms.